The molecular weight excluding hydrogens is 320 g/mol. The van der Waals surface area contributed by atoms with Crippen molar-refractivity contribution >= 4 is 17.8 Å². The van der Waals surface area contributed by atoms with Gasteiger partial charge in [-0.15, -0.1) is 5.10 Å². The minimum absolute atomic E-state index is 0.237. The monoisotopic (exact) mass is 346 g/mol. The summed E-state index contributed by atoms with van der Waals surface area (Å²) in [4.78, 5) is 26.6. The second kappa shape index (κ2) is 6.98. The molecule has 2 heterocycles. The van der Waals surface area contributed by atoms with Crippen LogP contribution in [-0.2, 0) is 9.53 Å². The fourth-order valence-corrected chi connectivity index (χ4v) is 2.96. The fraction of sp³-hybridized carbons (Fsp3) is 0.667. The zero-order valence-electron chi connectivity index (χ0n) is 15.1. The lowest BCUT2D eigenvalue weighted by molar-refractivity contribution is -0.122. The summed E-state index contributed by atoms with van der Waals surface area (Å²) in [5.41, 5.74) is 0.394. The van der Waals surface area contributed by atoms with Gasteiger partial charge in [0.25, 0.3) is 0 Å². The first-order chi connectivity index (χ1) is 11.8. The molecule has 1 saturated heterocycles. The summed E-state index contributed by atoms with van der Waals surface area (Å²) in [7, 11) is 0. The molecule has 1 aliphatic heterocycles. The quantitative estimate of drug-likeness (QED) is 0.909. The van der Waals surface area contributed by atoms with Crippen molar-refractivity contribution in [3.63, 3.8) is 0 Å². The maximum absolute atomic E-state index is 12.7. The van der Waals surface area contributed by atoms with Crippen LogP contribution in [0.5, 0.6) is 0 Å². The van der Waals surface area contributed by atoms with Gasteiger partial charge in [-0.3, -0.25) is 9.69 Å². The zero-order chi connectivity index (χ0) is 18.0. The number of amides is 2. The summed E-state index contributed by atoms with van der Waals surface area (Å²) in [5, 5.41) is 11.0. The summed E-state index contributed by atoms with van der Waals surface area (Å²) >= 11 is 0. The third kappa shape index (κ3) is 4.67. The maximum atomic E-state index is 12.7. The van der Waals surface area contributed by atoms with Crippen molar-refractivity contribution in [3.8, 4) is 0 Å². The van der Waals surface area contributed by atoms with E-state index in [1.165, 1.54) is 4.90 Å². The van der Waals surface area contributed by atoms with Gasteiger partial charge in [-0.25, -0.2) is 4.79 Å². The second-order valence-electron chi connectivity index (χ2n) is 7.79. The SMILES string of the molecule is CC(C)(C)OC(=O)N1CCCC[C@@H]1C(=O)Nc1ccc(C2CC2)nn1. The molecule has 3 rings (SSSR count). The number of aromatic nitrogens is 2. The van der Waals surface area contributed by atoms with Crippen LogP contribution >= 0.6 is 0 Å². The van der Waals surface area contributed by atoms with E-state index >= 15 is 0 Å². The minimum Gasteiger partial charge on any atom is -0.444 e. The van der Waals surface area contributed by atoms with Crippen LogP contribution < -0.4 is 5.32 Å². The average molecular weight is 346 g/mol. The molecule has 0 aromatic carbocycles. The van der Waals surface area contributed by atoms with E-state index in [4.69, 9.17) is 4.74 Å². The molecule has 25 heavy (non-hydrogen) atoms. The Labute approximate surface area is 148 Å². The Morgan fingerprint density at radius 2 is 1.92 bits per heavy atom. The van der Waals surface area contributed by atoms with Crippen LogP contribution in [0.1, 0.15) is 64.5 Å². The van der Waals surface area contributed by atoms with Crippen LogP contribution in [0.15, 0.2) is 12.1 Å². The van der Waals surface area contributed by atoms with Crippen molar-refractivity contribution in [1.29, 1.82) is 0 Å². The number of nitrogens with zero attached hydrogens (tertiary/aromatic N) is 3. The molecule has 0 bridgehead atoms. The zero-order valence-corrected chi connectivity index (χ0v) is 15.1. The van der Waals surface area contributed by atoms with E-state index in [1.807, 2.05) is 26.8 Å². The maximum Gasteiger partial charge on any atom is 0.410 e. The first-order valence-electron chi connectivity index (χ1n) is 8.97. The lowest BCUT2D eigenvalue weighted by Crippen LogP contribution is -2.51. The average Bonchev–Trinajstić information content (AvgIpc) is 3.39. The van der Waals surface area contributed by atoms with Crippen LogP contribution in [0.2, 0.25) is 0 Å². The highest BCUT2D eigenvalue weighted by molar-refractivity contribution is 5.95. The summed E-state index contributed by atoms with van der Waals surface area (Å²) in [5.74, 6) is 0.710. The number of rotatable bonds is 3. The molecule has 2 fully saturated rings. The molecule has 136 valence electrons. The molecule has 0 spiro atoms. The topological polar surface area (TPSA) is 84.4 Å². The van der Waals surface area contributed by atoms with Gasteiger partial charge in [0.05, 0.1) is 5.69 Å². The Morgan fingerprint density at radius 3 is 2.52 bits per heavy atom. The lowest BCUT2D eigenvalue weighted by Gasteiger charge is -2.35. The van der Waals surface area contributed by atoms with Crippen molar-refractivity contribution in [1.82, 2.24) is 15.1 Å². The highest BCUT2D eigenvalue weighted by Crippen LogP contribution is 2.38. The number of carbonyl (C=O) groups is 2. The molecular formula is C18H26N4O3. The number of hydrogen-bond acceptors (Lipinski definition) is 5. The van der Waals surface area contributed by atoms with E-state index in [2.05, 4.69) is 15.5 Å². The standard InChI is InChI=1S/C18H26N4O3/c1-18(2,3)25-17(24)22-11-5-4-6-14(22)16(23)19-15-10-9-13(20-21-15)12-7-8-12/h9-10,12,14H,4-8,11H2,1-3H3,(H,19,21,23)/t14-/m1/s1. The molecule has 1 saturated carbocycles. The molecule has 0 radical (unpaired) electrons. The van der Waals surface area contributed by atoms with Crippen molar-refractivity contribution in [2.45, 2.75) is 70.4 Å². The molecule has 7 nitrogen and oxygen atoms in total. The number of hydrogen-bond donors (Lipinski definition) is 1. The lowest BCUT2D eigenvalue weighted by atomic mass is 10.0. The number of carbonyl (C=O) groups excluding carboxylic acids is 2. The molecule has 2 amide bonds. The van der Waals surface area contributed by atoms with Crippen LogP contribution in [0, 0.1) is 0 Å². The molecule has 0 unspecified atom stereocenters. The summed E-state index contributed by atoms with van der Waals surface area (Å²) in [6.45, 7) is 5.99. The largest absolute Gasteiger partial charge is 0.444 e. The van der Waals surface area contributed by atoms with E-state index in [0.717, 1.165) is 31.4 Å². The van der Waals surface area contributed by atoms with Crippen LogP contribution in [0.4, 0.5) is 10.6 Å². The van der Waals surface area contributed by atoms with Gasteiger partial charge in [-0.05, 0) is 65.0 Å². The smallest absolute Gasteiger partial charge is 0.410 e. The number of piperidine rings is 1. The van der Waals surface area contributed by atoms with Crippen LogP contribution in [0.25, 0.3) is 0 Å². The van der Waals surface area contributed by atoms with Gasteiger partial charge in [0.15, 0.2) is 5.82 Å². The minimum atomic E-state index is -0.584. The van der Waals surface area contributed by atoms with Gasteiger partial charge in [-0.2, -0.15) is 5.10 Å². The highest BCUT2D eigenvalue weighted by atomic mass is 16.6. The predicted molar refractivity (Wildman–Crippen MR) is 93.2 cm³/mol. The number of nitrogens with one attached hydrogen (secondary N) is 1. The van der Waals surface area contributed by atoms with Crippen LogP contribution in [-0.4, -0.2) is 45.3 Å². The third-order valence-electron chi connectivity index (χ3n) is 4.37. The fourth-order valence-electron chi connectivity index (χ4n) is 2.96. The van der Waals surface area contributed by atoms with Gasteiger partial charge in [0, 0.05) is 12.5 Å². The van der Waals surface area contributed by atoms with E-state index in [1.54, 1.807) is 6.07 Å². The number of anilines is 1. The van der Waals surface area contributed by atoms with Gasteiger partial charge >= 0.3 is 6.09 Å². The number of likely N-dealkylation sites (tertiary alicyclic amines) is 1. The number of ether oxygens (including phenoxy) is 1. The van der Waals surface area contributed by atoms with E-state index in [0.29, 0.717) is 24.7 Å². The normalized spacial score (nSPS) is 20.9. The molecule has 1 N–H and O–H groups in total. The van der Waals surface area contributed by atoms with Crippen molar-refractivity contribution < 1.29 is 14.3 Å². The van der Waals surface area contributed by atoms with E-state index in [-0.39, 0.29) is 5.91 Å². The molecule has 1 aromatic heterocycles. The van der Waals surface area contributed by atoms with E-state index in [9.17, 15) is 9.59 Å². The Hall–Kier alpha value is -2.18. The first-order valence-corrected chi connectivity index (χ1v) is 8.97. The third-order valence-corrected chi connectivity index (χ3v) is 4.37. The summed E-state index contributed by atoms with van der Waals surface area (Å²) < 4.78 is 5.44. The molecule has 7 heteroatoms. The van der Waals surface area contributed by atoms with Gasteiger partial charge in [0.2, 0.25) is 5.91 Å². The molecule has 1 aromatic rings. The summed E-state index contributed by atoms with van der Waals surface area (Å²) in [6, 6.07) is 3.15. The van der Waals surface area contributed by atoms with Crippen molar-refractivity contribution in [2.24, 2.45) is 0 Å². The Morgan fingerprint density at radius 1 is 1.16 bits per heavy atom. The van der Waals surface area contributed by atoms with E-state index < -0.39 is 17.7 Å². The van der Waals surface area contributed by atoms with Gasteiger partial charge in [0.1, 0.15) is 11.6 Å². The van der Waals surface area contributed by atoms with Crippen molar-refractivity contribution in [2.75, 3.05) is 11.9 Å². The van der Waals surface area contributed by atoms with Crippen LogP contribution in [0.3, 0.4) is 0 Å². The Bertz CT molecular complexity index is 635. The molecule has 1 aliphatic carbocycles. The summed E-state index contributed by atoms with van der Waals surface area (Å²) in [6.07, 6.45) is 4.28. The second-order valence-corrected chi connectivity index (χ2v) is 7.79. The molecule has 2 aliphatic rings. The molecule has 1 atom stereocenters. The Balaban J connectivity index is 1.64. The Kier molecular flexibility index (Phi) is 4.92. The van der Waals surface area contributed by atoms with Gasteiger partial charge in [-0.1, -0.05) is 0 Å². The highest BCUT2D eigenvalue weighted by Gasteiger charge is 2.35. The predicted octanol–water partition coefficient (Wildman–Crippen LogP) is 3.08. The van der Waals surface area contributed by atoms with Crippen molar-refractivity contribution in [3.05, 3.63) is 17.8 Å². The first kappa shape index (κ1) is 17.6. The van der Waals surface area contributed by atoms with Gasteiger partial charge < -0.3 is 10.1 Å².